The first-order valence-corrected chi connectivity index (χ1v) is 8.38. The Hall–Kier alpha value is -1.21. The van der Waals surface area contributed by atoms with Crippen molar-refractivity contribution in [3.05, 3.63) is 16.7 Å². The maximum Gasteiger partial charge on any atom is 0.319 e. The van der Waals surface area contributed by atoms with Gasteiger partial charge in [0.05, 0.1) is 13.7 Å². The molecule has 1 aliphatic rings. The van der Waals surface area contributed by atoms with Gasteiger partial charge in [-0.15, -0.1) is 10.2 Å². The molecule has 122 valence electrons. The van der Waals surface area contributed by atoms with Crippen LogP contribution < -0.4 is 10.2 Å². The van der Waals surface area contributed by atoms with Crippen LogP contribution in [0.3, 0.4) is 0 Å². The lowest BCUT2D eigenvalue weighted by atomic mass is 9.85. The number of nitrogens with one attached hydrogen (secondary N) is 1. The lowest BCUT2D eigenvalue weighted by Crippen LogP contribution is -2.38. The quantitative estimate of drug-likeness (QED) is 0.772. The van der Waals surface area contributed by atoms with E-state index in [9.17, 15) is 4.79 Å². The van der Waals surface area contributed by atoms with Crippen molar-refractivity contribution in [1.82, 2.24) is 15.5 Å². The summed E-state index contributed by atoms with van der Waals surface area (Å²) in [6.07, 6.45) is 4.52. The van der Waals surface area contributed by atoms with Gasteiger partial charge in [0, 0.05) is 19.6 Å². The number of carbonyl (C=O) groups excluding carboxylic acids is 1. The molecule has 1 N–H and O–H groups in total. The third-order valence-corrected chi connectivity index (χ3v) is 4.57. The minimum Gasteiger partial charge on any atom is -0.468 e. The molecule has 7 heteroatoms. The normalized spacial score (nSPS) is 21.4. The van der Waals surface area contributed by atoms with Crippen LogP contribution in [-0.4, -0.2) is 49.5 Å². The summed E-state index contributed by atoms with van der Waals surface area (Å²) in [5, 5.41) is 11.5. The Kier molecular flexibility index (Phi) is 6.57. The molecule has 0 unspecified atom stereocenters. The third-order valence-electron chi connectivity index (χ3n) is 4.15. The largest absolute Gasteiger partial charge is 0.468 e. The molecule has 1 aromatic rings. The molecule has 1 aromatic heterocycles. The van der Waals surface area contributed by atoms with E-state index in [0.717, 1.165) is 42.6 Å². The summed E-state index contributed by atoms with van der Waals surface area (Å²) in [7, 11) is 3.47. The summed E-state index contributed by atoms with van der Waals surface area (Å²) >= 11 is 3.30. The zero-order valence-corrected chi connectivity index (χ0v) is 14.7. The van der Waals surface area contributed by atoms with Crippen molar-refractivity contribution >= 4 is 27.7 Å². The second-order valence-corrected chi connectivity index (χ2v) is 6.58. The second kappa shape index (κ2) is 8.43. The highest BCUT2D eigenvalue weighted by Gasteiger charge is 2.22. The van der Waals surface area contributed by atoms with Crippen molar-refractivity contribution in [2.75, 3.05) is 32.1 Å². The number of aromatic nitrogens is 2. The van der Waals surface area contributed by atoms with Gasteiger partial charge in [-0.3, -0.25) is 4.79 Å². The van der Waals surface area contributed by atoms with E-state index >= 15 is 0 Å². The number of hydrogen-bond donors (Lipinski definition) is 1. The average Bonchev–Trinajstić information content (AvgIpc) is 2.54. The zero-order chi connectivity index (χ0) is 15.9. The molecular weight excluding hydrogens is 348 g/mol. The molecule has 1 saturated carbocycles. The van der Waals surface area contributed by atoms with Crippen molar-refractivity contribution in [1.29, 1.82) is 0 Å². The fourth-order valence-electron chi connectivity index (χ4n) is 2.84. The van der Waals surface area contributed by atoms with Gasteiger partial charge in [0.2, 0.25) is 0 Å². The molecule has 0 aliphatic heterocycles. The van der Waals surface area contributed by atoms with Gasteiger partial charge in [-0.2, -0.15) is 0 Å². The lowest BCUT2D eigenvalue weighted by Gasteiger charge is -2.31. The Labute approximate surface area is 139 Å². The molecule has 0 amide bonds. The topological polar surface area (TPSA) is 67.3 Å². The standard InChI is InChI=1S/C15H23BrN4O2/c1-20(14-8-7-13(16)18-19-14)10-11-3-5-12(6-4-11)17-9-15(21)22-2/h7-8,11-12,17H,3-6,9-10H2,1-2H3. The van der Waals surface area contributed by atoms with Crippen LogP contribution in [0.15, 0.2) is 16.7 Å². The highest BCUT2D eigenvalue weighted by atomic mass is 79.9. The number of halogens is 1. The van der Waals surface area contributed by atoms with Crippen LogP contribution in [0.25, 0.3) is 0 Å². The molecule has 1 heterocycles. The van der Waals surface area contributed by atoms with Gasteiger partial charge >= 0.3 is 5.97 Å². The van der Waals surface area contributed by atoms with Crippen LogP contribution in [0.4, 0.5) is 5.82 Å². The van der Waals surface area contributed by atoms with E-state index in [1.165, 1.54) is 7.11 Å². The minimum absolute atomic E-state index is 0.198. The first kappa shape index (κ1) is 17.1. The Morgan fingerprint density at radius 1 is 1.36 bits per heavy atom. The van der Waals surface area contributed by atoms with Crippen LogP contribution in [0.2, 0.25) is 0 Å². The SMILES string of the molecule is COC(=O)CNC1CCC(CN(C)c2ccc(Br)nn2)CC1. The van der Waals surface area contributed by atoms with Crippen LogP contribution in [0.5, 0.6) is 0 Å². The second-order valence-electron chi connectivity index (χ2n) is 5.77. The Morgan fingerprint density at radius 2 is 2.09 bits per heavy atom. The predicted octanol–water partition coefficient (Wildman–Crippen LogP) is 2.00. The summed E-state index contributed by atoms with van der Waals surface area (Å²) in [6.45, 7) is 1.29. The van der Waals surface area contributed by atoms with Crippen LogP contribution in [-0.2, 0) is 9.53 Å². The predicted molar refractivity (Wildman–Crippen MR) is 88.8 cm³/mol. The number of rotatable bonds is 6. The summed E-state index contributed by atoms with van der Waals surface area (Å²) < 4.78 is 5.40. The van der Waals surface area contributed by atoms with Gasteiger partial charge in [-0.1, -0.05) is 0 Å². The highest BCUT2D eigenvalue weighted by molar-refractivity contribution is 9.10. The molecule has 0 bridgehead atoms. The molecule has 0 aromatic carbocycles. The number of carbonyl (C=O) groups is 1. The maximum absolute atomic E-state index is 11.1. The van der Waals surface area contributed by atoms with Gasteiger partial charge in [0.1, 0.15) is 4.60 Å². The summed E-state index contributed by atoms with van der Waals surface area (Å²) in [5.74, 6) is 1.36. The van der Waals surface area contributed by atoms with Gasteiger partial charge < -0.3 is 15.0 Å². The number of esters is 1. The monoisotopic (exact) mass is 370 g/mol. The molecule has 0 spiro atoms. The Balaban J connectivity index is 1.72. The number of anilines is 1. The fourth-order valence-corrected chi connectivity index (χ4v) is 3.05. The van der Waals surface area contributed by atoms with Crippen LogP contribution >= 0.6 is 15.9 Å². The fraction of sp³-hybridized carbons (Fsp3) is 0.667. The van der Waals surface area contributed by atoms with Crippen LogP contribution in [0.1, 0.15) is 25.7 Å². The molecule has 1 fully saturated rings. The summed E-state index contributed by atoms with van der Waals surface area (Å²) in [6, 6.07) is 4.31. The Morgan fingerprint density at radius 3 is 2.68 bits per heavy atom. The van der Waals surface area contributed by atoms with Gasteiger partial charge in [-0.25, -0.2) is 0 Å². The molecular formula is C15H23BrN4O2. The van der Waals surface area contributed by atoms with Crippen molar-refractivity contribution < 1.29 is 9.53 Å². The third kappa shape index (κ3) is 5.21. The smallest absolute Gasteiger partial charge is 0.319 e. The maximum atomic E-state index is 11.1. The van der Waals surface area contributed by atoms with Crippen molar-refractivity contribution in [2.45, 2.75) is 31.7 Å². The first-order valence-electron chi connectivity index (χ1n) is 7.59. The Bertz CT molecular complexity index is 475. The molecule has 0 atom stereocenters. The molecule has 0 saturated heterocycles. The molecule has 1 aliphatic carbocycles. The lowest BCUT2D eigenvalue weighted by molar-refractivity contribution is -0.139. The van der Waals surface area contributed by atoms with Gasteiger partial charge in [0.25, 0.3) is 0 Å². The zero-order valence-electron chi connectivity index (χ0n) is 13.1. The molecule has 2 rings (SSSR count). The highest BCUT2D eigenvalue weighted by Crippen LogP contribution is 2.26. The van der Waals surface area contributed by atoms with E-state index in [1.807, 2.05) is 12.1 Å². The average molecular weight is 371 g/mol. The van der Waals surface area contributed by atoms with Gasteiger partial charge in [0.15, 0.2) is 5.82 Å². The van der Waals surface area contributed by atoms with E-state index < -0.39 is 0 Å². The first-order chi connectivity index (χ1) is 10.6. The minimum atomic E-state index is -0.198. The summed E-state index contributed by atoms with van der Waals surface area (Å²) in [5.41, 5.74) is 0. The summed E-state index contributed by atoms with van der Waals surface area (Å²) in [4.78, 5) is 13.3. The van der Waals surface area contributed by atoms with Crippen molar-refractivity contribution in [3.63, 3.8) is 0 Å². The van der Waals surface area contributed by atoms with E-state index in [0.29, 0.717) is 18.5 Å². The van der Waals surface area contributed by atoms with E-state index in [4.69, 9.17) is 0 Å². The van der Waals surface area contributed by atoms with Gasteiger partial charge in [-0.05, 0) is 59.7 Å². The van der Waals surface area contributed by atoms with E-state index in [-0.39, 0.29) is 5.97 Å². The van der Waals surface area contributed by atoms with Crippen LogP contribution in [0, 0.1) is 5.92 Å². The van der Waals surface area contributed by atoms with Crippen molar-refractivity contribution in [2.24, 2.45) is 5.92 Å². The number of nitrogens with zero attached hydrogens (tertiary/aromatic N) is 3. The number of hydrogen-bond acceptors (Lipinski definition) is 6. The molecule has 22 heavy (non-hydrogen) atoms. The van der Waals surface area contributed by atoms with E-state index in [1.54, 1.807) is 0 Å². The molecule has 6 nitrogen and oxygen atoms in total. The van der Waals surface area contributed by atoms with E-state index in [2.05, 4.69) is 48.1 Å². The molecule has 0 radical (unpaired) electrons. The van der Waals surface area contributed by atoms with Crippen molar-refractivity contribution in [3.8, 4) is 0 Å². The number of ether oxygens (including phenoxy) is 1. The number of methoxy groups -OCH3 is 1.